The first kappa shape index (κ1) is 14.4. The molecule has 1 aliphatic carbocycles. The highest BCUT2D eigenvalue weighted by Crippen LogP contribution is 2.25. The zero-order valence-corrected chi connectivity index (χ0v) is 12.0. The van der Waals surface area contributed by atoms with E-state index in [2.05, 4.69) is 10.6 Å². The van der Waals surface area contributed by atoms with Gasteiger partial charge in [0.1, 0.15) is 0 Å². The first-order valence-electron chi connectivity index (χ1n) is 6.49. The smallest absolute Gasteiger partial charge is 0.226 e. The molecule has 2 N–H and O–H groups in total. The summed E-state index contributed by atoms with van der Waals surface area (Å²) in [5, 5.41) is 6.29. The van der Waals surface area contributed by atoms with Crippen molar-refractivity contribution in [3.63, 3.8) is 0 Å². The molecule has 0 bridgehead atoms. The van der Waals surface area contributed by atoms with E-state index in [1.807, 2.05) is 20.8 Å². The Balaban J connectivity index is 2.26. The van der Waals surface area contributed by atoms with Crippen LogP contribution in [0.3, 0.4) is 0 Å². The molecule has 0 saturated heterocycles. The van der Waals surface area contributed by atoms with E-state index in [0.717, 1.165) is 0 Å². The standard InChI is InChI=1S/C13H24N2OS/c1-13(2,3)15-12(17)14-11(16)9-10-7-5-4-6-8-10/h10H,4-9H2,1-3H3,(H2,14,15,16,17). The normalized spacial score (nSPS) is 17.6. The molecule has 4 heteroatoms. The Kier molecular flexibility index (Phi) is 5.37. The van der Waals surface area contributed by atoms with Crippen LogP contribution in [-0.4, -0.2) is 16.6 Å². The summed E-state index contributed by atoms with van der Waals surface area (Å²) in [4.78, 5) is 11.8. The molecule has 0 aliphatic heterocycles. The molecule has 1 fully saturated rings. The fourth-order valence-electron chi connectivity index (χ4n) is 2.20. The zero-order chi connectivity index (χ0) is 12.9. The van der Waals surface area contributed by atoms with Crippen LogP contribution in [0.15, 0.2) is 0 Å². The Morgan fingerprint density at radius 3 is 2.35 bits per heavy atom. The van der Waals surface area contributed by atoms with E-state index >= 15 is 0 Å². The SMILES string of the molecule is CC(C)(C)NC(=S)NC(=O)CC1CCCCC1. The Hall–Kier alpha value is -0.640. The number of nitrogens with one attached hydrogen (secondary N) is 2. The number of carbonyl (C=O) groups excluding carboxylic acids is 1. The molecule has 0 aromatic heterocycles. The second-order valence-corrected chi connectivity index (χ2v) is 6.37. The van der Waals surface area contributed by atoms with Gasteiger partial charge in [0, 0.05) is 12.0 Å². The molecule has 17 heavy (non-hydrogen) atoms. The summed E-state index contributed by atoms with van der Waals surface area (Å²) >= 11 is 5.10. The Labute approximate surface area is 110 Å². The Bertz CT molecular complexity index is 278. The number of hydrogen-bond acceptors (Lipinski definition) is 2. The molecule has 3 nitrogen and oxygen atoms in total. The molecular weight excluding hydrogens is 232 g/mol. The van der Waals surface area contributed by atoms with Crippen LogP contribution in [-0.2, 0) is 4.79 Å². The molecule has 1 rings (SSSR count). The third-order valence-electron chi connectivity index (χ3n) is 2.94. The summed E-state index contributed by atoms with van der Waals surface area (Å²) in [6.07, 6.45) is 6.85. The quantitative estimate of drug-likeness (QED) is 0.746. The Morgan fingerprint density at radius 1 is 1.24 bits per heavy atom. The van der Waals surface area contributed by atoms with Crippen molar-refractivity contribution in [2.75, 3.05) is 0 Å². The van der Waals surface area contributed by atoms with E-state index < -0.39 is 0 Å². The van der Waals surface area contributed by atoms with Crippen molar-refractivity contribution in [2.24, 2.45) is 5.92 Å². The van der Waals surface area contributed by atoms with Crippen LogP contribution in [0.2, 0.25) is 0 Å². The van der Waals surface area contributed by atoms with Gasteiger partial charge in [-0.1, -0.05) is 19.3 Å². The molecule has 0 spiro atoms. The number of thiocarbonyl (C=S) groups is 1. The van der Waals surface area contributed by atoms with Crippen LogP contribution < -0.4 is 10.6 Å². The molecule has 0 aromatic rings. The van der Waals surface area contributed by atoms with E-state index in [9.17, 15) is 4.79 Å². The monoisotopic (exact) mass is 256 g/mol. The van der Waals surface area contributed by atoms with E-state index in [1.54, 1.807) is 0 Å². The summed E-state index contributed by atoms with van der Waals surface area (Å²) in [7, 11) is 0. The third kappa shape index (κ3) is 6.61. The molecule has 1 amide bonds. The zero-order valence-electron chi connectivity index (χ0n) is 11.1. The molecule has 0 unspecified atom stereocenters. The van der Waals surface area contributed by atoms with Crippen molar-refractivity contribution in [2.45, 2.75) is 64.8 Å². The largest absolute Gasteiger partial charge is 0.358 e. The molecule has 0 atom stereocenters. The minimum Gasteiger partial charge on any atom is -0.358 e. The van der Waals surface area contributed by atoms with Crippen LogP contribution in [0, 0.1) is 5.92 Å². The van der Waals surface area contributed by atoms with Gasteiger partial charge in [-0.3, -0.25) is 4.79 Å². The van der Waals surface area contributed by atoms with E-state index in [-0.39, 0.29) is 11.4 Å². The lowest BCUT2D eigenvalue weighted by Crippen LogP contribution is -2.48. The summed E-state index contributed by atoms with van der Waals surface area (Å²) in [6.45, 7) is 6.06. The number of rotatable bonds is 2. The van der Waals surface area contributed by atoms with Gasteiger partial charge in [-0.2, -0.15) is 0 Å². The van der Waals surface area contributed by atoms with Gasteiger partial charge in [0.05, 0.1) is 0 Å². The third-order valence-corrected chi connectivity index (χ3v) is 3.14. The predicted octanol–water partition coefficient (Wildman–Crippen LogP) is 2.75. The topological polar surface area (TPSA) is 41.1 Å². The van der Waals surface area contributed by atoms with Crippen LogP contribution in [0.25, 0.3) is 0 Å². The minimum absolute atomic E-state index is 0.0543. The summed E-state index contributed by atoms with van der Waals surface area (Å²) in [5.41, 5.74) is -0.102. The van der Waals surface area contributed by atoms with Crippen molar-refractivity contribution in [3.05, 3.63) is 0 Å². The predicted molar refractivity (Wildman–Crippen MR) is 74.8 cm³/mol. The molecule has 0 radical (unpaired) electrons. The maximum atomic E-state index is 11.8. The lowest BCUT2D eigenvalue weighted by molar-refractivity contribution is -0.120. The fourth-order valence-corrected chi connectivity index (χ4v) is 2.62. The molecule has 0 aromatic carbocycles. The summed E-state index contributed by atoms with van der Waals surface area (Å²) in [6, 6.07) is 0. The molecule has 1 aliphatic rings. The fraction of sp³-hybridized carbons (Fsp3) is 0.846. The highest BCUT2D eigenvalue weighted by atomic mass is 32.1. The average molecular weight is 256 g/mol. The highest BCUT2D eigenvalue weighted by Gasteiger charge is 2.18. The van der Waals surface area contributed by atoms with Gasteiger partial charge >= 0.3 is 0 Å². The maximum absolute atomic E-state index is 11.8. The Morgan fingerprint density at radius 2 is 1.82 bits per heavy atom. The van der Waals surface area contributed by atoms with Crippen molar-refractivity contribution in [1.29, 1.82) is 0 Å². The van der Waals surface area contributed by atoms with Crippen molar-refractivity contribution >= 4 is 23.2 Å². The summed E-state index contributed by atoms with van der Waals surface area (Å²) < 4.78 is 0. The lowest BCUT2D eigenvalue weighted by Gasteiger charge is -2.24. The van der Waals surface area contributed by atoms with Crippen molar-refractivity contribution in [3.8, 4) is 0 Å². The molecule has 98 valence electrons. The second-order valence-electron chi connectivity index (χ2n) is 5.96. The minimum atomic E-state index is -0.102. The number of carbonyl (C=O) groups is 1. The van der Waals surface area contributed by atoms with Crippen molar-refractivity contribution < 1.29 is 4.79 Å². The lowest BCUT2D eigenvalue weighted by atomic mass is 9.87. The van der Waals surface area contributed by atoms with Gasteiger partial charge in [0.25, 0.3) is 0 Å². The van der Waals surface area contributed by atoms with E-state index in [4.69, 9.17) is 12.2 Å². The van der Waals surface area contributed by atoms with Crippen LogP contribution >= 0.6 is 12.2 Å². The van der Waals surface area contributed by atoms with Gasteiger partial charge in [0.2, 0.25) is 5.91 Å². The molecule has 0 heterocycles. The molecular formula is C13H24N2OS. The highest BCUT2D eigenvalue weighted by molar-refractivity contribution is 7.80. The van der Waals surface area contributed by atoms with E-state index in [0.29, 0.717) is 17.5 Å². The van der Waals surface area contributed by atoms with Crippen molar-refractivity contribution in [1.82, 2.24) is 10.6 Å². The van der Waals surface area contributed by atoms with Crippen LogP contribution in [0.4, 0.5) is 0 Å². The van der Waals surface area contributed by atoms with Gasteiger partial charge in [-0.15, -0.1) is 0 Å². The van der Waals surface area contributed by atoms with Gasteiger partial charge in [-0.05, 0) is 51.7 Å². The first-order valence-corrected chi connectivity index (χ1v) is 6.89. The van der Waals surface area contributed by atoms with E-state index in [1.165, 1.54) is 32.1 Å². The van der Waals surface area contributed by atoms with Gasteiger partial charge < -0.3 is 10.6 Å². The van der Waals surface area contributed by atoms with Gasteiger partial charge in [-0.25, -0.2) is 0 Å². The first-order chi connectivity index (χ1) is 7.87. The summed E-state index contributed by atoms with van der Waals surface area (Å²) in [5.74, 6) is 0.611. The number of hydrogen-bond donors (Lipinski definition) is 2. The average Bonchev–Trinajstić information content (AvgIpc) is 2.15. The van der Waals surface area contributed by atoms with Crippen LogP contribution in [0.5, 0.6) is 0 Å². The second kappa shape index (κ2) is 6.34. The van der Waals surface area contributed by atoms with Gasteiger partial charge in [0.15, 0.2) is 5.11 Å². The number of amides is 1. The van der Waals surface area contributed by atoms with Crippen LogP contribution in [0.1, 0.15) is 59.3 Å². The maximum Gasteiger partial charge on any atom is 0.226 e. The molecule has 1 saturated carbocycles.